The molecule has 0 amide bonds. The van der Waals surface area contributed by atoms with Crippen LogP contribution in [-0.2, 0) is 4.74 Å². The van der Waals surface area contributed by atoms with E-state index in [9.17, 15) is 0 Å². The summed E-state index contributed by atoms with van der Waals surface area (Å²) in [5.74, 6) is 0.249. The van der Waals surface area contributed by atoms with Crippen LogP contribution in [0.4, 0.5) is 0 Å². The molecule has 2 heterocycles. The van der Waals surface area contributed by atoms with Gasteiger partial charge in [0.25, 0.3) is 0 Å². The fourth-order valence-corrected chi connectivity index (χ4v) is 1.99. The molecule has 2 aliphatic rings. The Morgan fingerprint density at radius 3 is 2.92 bits per heavy atom. The van der Waals surface area contributed by atoms with Crippen LogP contribution < -0.4 is 0 Å². The molecule has 4 heteroatoms. The minimum atomic E-state index is 0.0741. The normalized spacial score (nSPS) is 40.4. The lowest BCUT2D eigenvalue weighted by molar-refractivity contribution is 0.0891. The van der Waals surface area contributed by atoms with E-state index in [4.69, 9.17) is 16.3 Å². The number of hydrogen-bond donors (Lipinski definition) is 0. The van der Waals surface area contributed by atoms with Gasteiger partial charge in [0.05, 0.1) is 11.8 Å². The molecule has 0 bridgehead atoms. The van der Waals surface area contributed by atoms with Gasteiger partial charge in [-0.25, -0.2) is 0 Å². The van der Waals surface area contributed by atoms with Gasteiger partial charge in [-0.3, -0.25) is 0 Å². The summed E-state index contributed by atoms with van der Waals surface area (Å²) in [4.78, 5) is 0. The zero-order chi connectivity index (χ0) is 8.72. The topological polar surface area (TPSA) is 34.0 Å². The van der Waals surface area contributed by atoms with Crippen molar-refractivity contribution in [3.63, 3.8) is 0 Å². The molecule has 1 fully saturated rings. The van der Waals surface area contributed by atoms with Crippen LogP contribution in [0, 0.1) is 5.92 Å². The Labute approximate surface area is 76.5 Å². The summed E-state index contributed by atoms with van der Waals surface area (Å²) in [7, 11) is 0. The quantitative estimate of drug-likeness (QED) is 0.568. The standard InChI is InChI=1S/C8H11ClN2O/c1-4-3-6-7(12-4)5(2)10-11-8(6)9/h4,6-7H,3H2,1-2H3. The van der Waals surface area contributed by atoms with E-state index in [2.05, 4.69) is 17.1 Å². The van der Waals surface area contributed by atoms with Crippen molar-refractivity contribution < 1.29 is 4.74 Å². The molecule has 2 aliphatic heterocycles. The van der Waals surface area contributed by atoms with Crippen molar-refractivity contribution in [2.45, 2.75) is 32.5 Å². The number of nitrogens with zero attached hydrogens (tertiary/aromatic N) is 2. The molecule has 3 unspecified atom stereocenters. The summed E-state index contributed by atoms with van der Waals surface area (Å²) in [5, 5.41) is 8.41. The van der Waals surface area contributed by atoms with Crippen LogP contribution in [0.1, 0.15) is 20.3 Å². The van der Waals surface area contributed by atoms with Crippen LogP contribution in [0.3, 0.4) is 0 Å². The van der Waals surface area contributed by atoms with Gasteiger partial charge in [0.2, 0.25) is 0 Å². The van der Waals surface area contributed by atoms with Gasteiger partial charge in [-0.1, -0.05) is 11.6 Å². The Hall–Kier alpha value is -0.410. The minimum absolute atomic E-state index is 0.0741. The summed E-state index contributed by atoms with van der Waals surface area (Å²) in [6, 6.07) is 0. The van der Waals surface area contributed by atoms with Crippen LogP contribution >= 0.6 is 11.6 Å². The van der Waals surface area contributed by atoms with Gasteiger partial charge in [0.1, 0.15) is 11.3 Å². The molecule has 0 aromatic heterocycles. The number of halogens is 1. The highest BCUT2D eigenvalue weighted by atomic mass is 35.5. The number of rotatable bonds is 0. The lowest BCUT2D eigenvalue weighted by atomic mass is 9.97. The Balaban J connectivity index is 2.27. The van der Waals surface area contributed by atoms with E-state index in [0.29, 0.717) is 5.17 Å². The number of ether oxygens (including phenoxy) is 1. The first-order valence-corrected chi connectivity index (χ1v) is 4.49. The Bertz CT molecular complexity index is 236. The molecule has 3 nitrogen and oxygen atoms in total. The molecule has 1 saturated heterocycles. The SMILES string of the molecule is CC1=NN=C(Cl)C2CC(C)OC12. The van der Waals surface area contributed by atoms with Crippen LogP contribution in [-0.4, -0.2) is 23.1 Å². The first kappa shape index (κ1) is 8.20. The fraction of sp³-hybridized carbons (Fsp3) is 0.750. The maximum atomic E-state index is 5.91. The Kier molecular flexibility index (Phi) is 1.93. The van der Waals surface area contributed by atoms with Crippen molar-refractivity contribution in [3.05, 3.63) is 0 Å². The van der Waals surface area contributed by atoms with E-state index < -0.39 is 0 Å². The summed E-state index contributed by atoms with van der Waals surface area (Å²) < 4.78 is 5.65. The molecular weight excluding hydrogens is 176 g/mol. The van der Waals surface area contributed by atoms with Gasteiger partial charge >= 0.3 is 0 Å². The molecule has 0 saturated carbocycles. The fourth-order valence-electron chi connectivity index (χ4n) is 1.75. The highest BCUT2D eigenvalue weighted by Crippen LogP contribution is 2.32. The predicted octanol–water partition coefficient (Wildman–Crippen LogP) is 1.81. The molecule has 0 radical (unpaired) electrons. The van der Waals surface area contributed by atoms with Gasteiger partial charge < -0.3 is 4.74 Å². The number of hydrogen-bond acceptors (Lipinski definition) is 3. The maximum absolute atomic E-state index is 5.91. The summed E-state index contributed by atoms with van der Waals surface area (Å²) in [6.45, 7) is 3.98. The van der Waals surface area contributed by atoms with Crippen LogP contribution in [0.2, 0.25) is 0 Å². The van der Waals surface area contributed by atoms with E-state index in [1.165, 1.54) is 0 Å². The van der Waals surface area contributed by atoms with Gasteiger partial charge in [-0.15, -0.1) is 5.10 Å². The third-order valence-corrected chi connectivity index (χ3v) is 2.71. The molecule has 66 valence electrons. The first-order valence-electron chi connectivity index (χ1n) is 4.11. The molecule has 0 aliphatic carbocycles. The van der Waals surface area contributed by atoms with E-state index in [0.717, 1.165) is 12.1 Å². The summed E-state index contributed by atoms with van der Waals surface area (Å²) in [6.07, 6.45) is 1.30. The van der Waals surface area contributed by atoms with Crippen molar-refractivity contribution >= 4 is 22.5 Å². The minimum Gasteiger partial charge on any atom is -0.368 e. The largest absolute Gasteiger partial charge is 0.368 e. The molecule has 2 rings (SSSR count). The van der Waals surface area contributed by atoms with Gasteiger partial charge in [0, 0.05) is 5.92 Å². The highest BCUT2D eigenvalue weighted by molar-refractivity contribution is 6.66. The van der Waals surface area contributed by atoms with E-state index in [1.807, 2.05) is 6.92 Å². The highest BCUT2D eigenvalue weighted by Gasteiger charge is 2.39. The van der Waals surface area contributed by atoms with E-state index >= 15 is 0 Å². The molecule has 0 aromatic carbocycles. The Morgan fingerprint density at radius 1 is 1.50 bits per heavy atom. The zero-order valence-corrected chi connectivity index (χ0v) is 7.88. The lowest BCUT2D eigenvalue weighted by Gasteiger charge is -2.18. The lowest BCUT2D eigenvalue weighted by Crippen LogP contribution is -2.30. The van der Waals surface area contributed by atoms with E-state index in [1.54, 1.807) is 0 Å². The second-order valence-corrected chi connectivity index (χ2v) is 3.76. The zero-order valence-electron chi connectivity index (χ0n) is 7.12. The number of fused-ring (bicyclic) bond motifs is 1. The average Bonchev–Trinajstić information content (AvgIpc) is 2.41. The van der Waals surface area contributed by atoms with Gasteiger partial charge in [-0.05, 0) is 20.3 Å². The third-order valence-electron chi connectivity index (χ3n) is 2.35. The second-order valence-electron chi connectivity index (χ2n) is 3.37. The van der Waals surface area contributed by atoms with Crippen LogP contribution in [0.15, 0.2) is 10.2 Å². The average molecular weight is 187 g/mol. The molecule has 3 atom stereocenters. The smallest absolute Gasteiger partial charge is 0.135 e. The molecule has 0 spiro atoms. The van der Waals surface area contributed by atoms with Crippen molar-refractivity contribution in [1.82, 2.24) is 0 Å². The van der Waals surface area contributed by atoms with Crippen LogP contribution in [0.25, 0.3) is 0 Å². The molecule has 12 heavy (non-hydrogen) atoms. The summed E-state index contributed by atoms with van der Waals surface area (Å²) >= 11 is 5.91. The third kappa shape index (κ3) is 1.17. The monoisotopic (exact) mass is 186 g/mol. The predicted molar refractivity (Wildman–Crippen MR) is 48.8 cm³/mol. The van der Waals surface area contributed by atoms with Gasteiger partial charge in [-0.2, -0.15) is 5.10 Å². The van der Waals surface area contributed by atoms with Gasteiger partial charge in [0.15, 0.2) is 0 Å². The second kappa shape index (κ2) is 2.82. The van der Waals surface area contributed by atoms with Crippen LogP contribution in [0.5, 0.6) is 0 Å². The molecular formula is C8H11ClN2O. The Morgan fingerprint density at radius 2 is 2.25 bits per heavy atom. The first-order chi connectivity index (χ1) is 5.68. The molecule has 0 aromatic rings. The molecule has 0 N–H and O–H groups in total. The van der Waals surface area contributed by atoms with E-state index in [-0.39, 0.29) is 18.1 Å². The maximum Gasteiger partial charge on any atom is 0.135 e. The van der Waals surface area contributed by atoms with Crippen molar-refractivity contribution in [3.8, 4) is 0 Å². The van der Waals surface area contributed by atoms with Crippen molar-refractivity contribution in [1.29, 1.82) is 0 Å². The summed E-state index contributed by atoms with van der Waals surface area (Å²) in [5.41, 5.74) is 0.939. The van der Waals surface area contributed by atoms with Crippen molar-refractivity contribution in [2.75, 3.05) is 0 Å². The van der Waals surface area contributed by atoms with Crippen molar-refractivity contribution in [2.24, 2.45) is 16.1 Å².